The number of carboxylic acid groups (broad SMARTS) is 1. The van der Waals surface area contributed by atoms with E-state index in [1.165, 1.54) is 12.8 Å². The monoisotopic (exact) mass is 199 g/mol. The molecule has 1 saturated heterocycles. The van der Waals surface area contributed by atoms with Crippen LogP contribution in [0.15, 0.2) is 12.2 Å². The van der Waals surface area contributed by atoms with Gasteiger partial charge in [-0.05, 0) is 19.4 Å². The molecular formula is C10H17NO3. The zero-order chi connectivity index (χ0) is 10.4. The van der Waals surface area contributed by atoms with Crippen molar-refractivity contribution in [3.8, 4) is 0 Å². The Balaban J connectivity index is 2.08. The van der Waals surface area contributed by atoms with Crippen molar-refractivity contribution in [2.45, 2.75) is 25.3 Å². The van der Waals surface area contributed by atoms with E-state index in [4.69, 9.17) is 9.84 Å². The van der Waals surface area contributed by atoms with E-state index in [1.54, 1.807) is 0 Å². The minimum absolute atomic E-state index is 0.112. The van der Waals surface area contributed by atoms with Gasteiger partial charge in [0.15, 0.2) is 0 Å². The molecular weight excluding hydrogens is 182 g/mol. The van der Waals surface area contributed by atoms with Crippen molar-refractivity contribution < 1.29 is 14.6 Å². The van der Waals surface area contributed by atoms with Crippen LogP contribution in [-0.4, -0.2) is 36.9 Å². The first kappa shape index (κ1) is 11.2. The Kier molecular flexibility index (Phi) is 4.62. The van der Waals surface area contributed by atoms with Crippen molar-refractivity contribution in [2.75, 3.05) is 19.8 Å². The van der Waals surface area contributed by atoms with Gasteiger partial charge in [-0.1, -0.05) is 13.0 Å². The molecule has 1 atom stereocenters. The maximum atomic E-state index is 10.4. The Labute approximate surface area is 83.9 Å². The van der Waals surface area contributed by atoms with Crippen LogP contribution in [0.4, 0.5) is 0 Å². The molecule has 0 aromatic carbocycles. The van der Waals surface area contributed by atoms with Gasteiger partial charge in [-0.25, -0.2) is 4.79 Å². The molecule has 4 nitrogen and oxygen atoms in total. The standard InChI is InChI=1S/C10H17NO3/c1-8(10(12)13)6-14-7-9-4-2-3-5-11-9/h9,11H,1-7H2,(H,12,13). The number of rotatable bonds is 5. The summed E-state index contributed by atoms with van der Waals surface area (Å²) in [6.45, 7) is 5.12. The van der Waals surface area contributed by atoms with Gasteiger partial charge in [-0.3, -0.25) is 0 Å². The third-order valence-corrected chi connectivity index (χ3v) is 2.31. The van der Waals surface area contributed by atoms with Crippen molar-refractivity contribution >= 4 is 5.97 Å². The number of aliphatic carboxylic acids is 1. The summed E-state index contributed by atoms with van der Waals surface area (Å²) in [4.78, 5) is 10.4. The summed E-state index contributed by atoms with van der Waals surface area (Å²) in [7, 11) is 0. The van der Waals surface area contributed by atoms with E-state index in [1.807, 2.05) is 0 Å². The summed E-state index contributed by atoms with van der Waals surface area (Å²) >= 11 is 0. The van der Waals surface area contributed by atoms with Crippen LogP contribution in [0.3, 0.4) is 0 Å². The SMILES string of the molecule is C=C(COCC1CCCCN1)C(=O)O. The van der Waals surface area contributed by atoms with Gasteiger partial charge in [0, 0.05) is 6.04 Å². The summed E-state index contributed by atoms with van der Waals surface area (Å²) in [5, 5.41) is 11.8. The average molecular weight is 199 g/mol. The Morgan fingerprint density at radius 1 is 1.57 bits per heavy atom. The van der Waals surface area contributed by atoms with Gasteiger partial charge in [0.05, 0.1) is 18.8 Å². The van der Waals surface area contributed by atoms with Crippen molar-refractivity contribution in [2.24, 2.45) is 0 Å². The lowest BCUT2D eigenvalue weighted by Crippen LogP contribution is -2.37. The molecule has 0 aliphatic carbocycles. The minimum Gasteiger partial charge on any atom is -0.478 e. The van der Waals surface area contributed by atoms with E-state index in [2.05, 4.69) is 11.9 Å². The highest BCUT2D eigenvalue weighted by molar-refractivity contribution is 5.85. The van der Waals surface area contributed by atoms with Crippen molar-refractivity contribution in [1.82, 2.24) is 5.32 Å². The zero-order valence-corrected chi connectivity index (χ0v) is 8.29. The van der Waals surface area contributed by atoms with E-state index in [0.29, 0.717) is 12.6 Å². The molecule has 0 radical (unpaired) electrons. The van der Waals surface area contributed by atoms with Crippen molar-refractivity contribution in [1.29, 1.82) is 0 Å². The molecule has 0 bridgehead atoms. The van der Waals surface area contributed by atoms with E-state index >= 15 is 0 Å². The van der Waals surface area contributed by atoms with Gasteiger partial charge in [0.2, 0.25) is 0 Å². The number of carboxylic acids is 1. The van der Waals surface area contributed by atoms with Gasteiger partial charge >= 0.3 is 5.97 Å². The fraction of sp³-hybridized carbons (Fsp3) is 0.700. The molecule has 1 fully saturated rings. The van der Waals surface area contributed by atoms with Crippen LogP contribution >= 0.6 is 0 Å². The first-order chi connectivity index (χ1) is 6.70. The van der Waals surface area contributed by atoms with E-state index < -0.39 is 5.97 Å². The molecule has 0 spiro atoms. The predicted octanol–water partition coefficient (Wildman–Crippen LogP) is 0.786. The Morgan fingerprint density at radius 2 is 2.36 bits per heavy atom. The van der Waals surface area contributed by atoms with E-state index in [9.17, 15) is 4.79 Å². The molecule has 2 N–H and O–H groups in total. The first-order valence-electron chi connectivity index (χ1n) is 4.92. The van der Waals surface area contributed by atoms with Gasteiger partial charge in [-0.2, -0.15) is 0 Å². The number of nitrogens with one attached hydrogen (secondary N) is 1. The highest BCUT2D eigenvalue weighted by Gasteiger charge is 2.12. The molecule has 14 heavy (non-hydrogen) atoms. The van der Waals surface area contributed by atoms with Gasteiger partial charge in [0.1, 0.15) is 0 Å². The molecule has 0 saturated carbocycles. The maximum absolute atomic E-state index is 10.4. The van der Waals surface area contributed by atoms with E-state index in [0.717, 1.165) is 13.0 Å². The Bertz CT molecular complexity index is 209. The Hall–Kier alpha value is -0.870. The summed E-state index contributed by atoms with van der Waals surface area (Å²) in [5.74, 6) is -0.985. The molecule has 0 aromatic heterocycles. The maximum Gasteiger partial charge on any atom is 0.333 e. The van der Waals surface area contributed by atoms with Crippen LogP contribution in [0, 0.1) is 0 Å². The van der Waals surface area contributed by atoms with Gasteiger partial charge in [0.25, 0.3) is 0 Å². The topological polar surface area (TPSA) is 58.6 Å². The van der Waals surface area contributed by atoms with E-state index in [-0.39, 0.29) is 12.2 Å². The summed E-state index contributed by atoms with van der Waals surface area (Å²) in [6, 6.07) is 0.380. The lowest BCUT2D eigenvalue weighted by molar-refractivity contribution is -0.133. The minimum atomic E-state index is -0.985. The summed E-state index contributed by atoms with van der Waals surface area (Å²) in [6.07, 6.45) is 3.55. The second-order valence-electron chi connectivity index (χ2n) is 3.57. The number of carbonyl (C=O) groups is 1. The Morgan fingerprint density at radius 3 is 2.93 bits per heavy atom. The normalized spacial score (nSPS) is 21.9. The lowest BCUT2D eigenvalue weighted by Gasteiger charge is -2.23. The third kappa shape index (κ3) is 3.89. The zero-order valence-electron chi connectivity index (χ0n) is 8.29. The quantitative estimate of drug-likeness (QED) is 0.643. The average Bonchev–Trinajstić information content (AvgIpc) is 2.19. The number of hydrogen-bond donors (Lipinski definition) is 2. The molecule has 1 aliphatic heterocycles. The fourth-order valence-electron chi connectivity index (χ4n) is 1.45. The largest absolute Gasteiger partial charge is 0.478 e. The second-order valence-corrected chi connectivity index (χ2v) is 3.57. The van der Waals surface area contributed by atoms with Crippen LogP contribution in [0.2, 0.25) is 0 Å². The highest BCUT2D eigenvalue weighted by Crippen LogP contribution is 2.07. The van der Waals surface area contributed by atoms with Crippen molar-refractivity contribution in [3.63, 3.8) is 0 Å². The molecule has 4 heteroatoms. The number of hydrogen-bond acceptors (Lipinski definition) is 3. The molecule has 1 aliphatic rings. The smallest absolute Gasteiger partial charge is 0.333 e. The summed E-state index contributed by atoms with van der Waals surface area (Å²) in [5.41, 5.74) is 0.112. The molecule has 80 valence electrons. The second kappa shape index (κ2) is 5.78. The fourth-order valence-corrected chi connectivity index (χ4v) is 1.45. The molecule has 1 heterocycles. The van der Waals surface area contributed by atoms with Gasteiger partial charge in [-0.15, -0.1) is 0 Å². The van der Waals surface area contributed by atoms with Crippen LogP contribution < -0.4 is 5.32 Å². The highest BCUT2D eigenvalue weighted by atomic mass is 16.5. The first-order valence-corrected chi connectivity index (χ1v) is 4.92. The third-order valence-electron chi connectivity index (χ3n) is 2.31. The lowest BCUT2D eigenvalue weighted by atomic mass is 10.1. The van der Waals surface area contributed by atoms with Crippen LogP contribution in [0.1, 0.15) is 19.3 Å². The number of piperidine rings is 1. The van der Waals surface area contributed by atoms with Crippen LogP contribution in [0.5, 0.6) is 0 Å². The van der Waals surface area contributed by atoms with Crippen LogP contribution in [-0.2, 0) is 9.53 Å². The van der Waals surface area contributed by atoms with Crippen molar-refractivity contribution in [3.05, 3.63) is 12.2 Å². The summed E-state index contributed by atoms with van der Waals surface area (Å²) < 4.78 is 5.25. The predicted molar refractivity (Wildman–Crippen MR) is 53.2 cm³/mol. The molecule has 1 rings (SSSR count). The molecule has 0 aromatic rings. The molecule has 1 unspecified atom stereocenters. The molecule has 0 amide bonds. The number of ether oxygens (including phenoxy) is 1. The van der Waals surface area contributed by atoms with Gasteiger partial charge < -0.3 is 15.2 Å². The van der Waals surface area contributed by atoms with Crippen LogP contribution in [0.25, 0.3) is 0 Å².